The molecule has 38 heavy (non-hydrogen) atoms. The highest BCUT2D eigenvalue weighted by Gasteiger charge is 2.38. The van der Waals surface area contributed by atoms with Gasteiger partial charge < -0.3 is 9.84 Å². The first-order chi connectivity index (χ1) is 17.8. The van der Waals surface area contributed by atoms with Crippen molar-refractivity contribution in [2.75, 3.05) is 18.6 Å². The SMILES string of the molecule is CCOc1cccc(C(CS(C)(=O)=O)n2cnc3ccc(-c4cn[nH]c4)cc3c2=O)c1.O=C(O)C(F)(F)F. The second-order valence-corrected chi connectivity index (χ2v) is 10.3. The zero-order chi connectivity index (χ0) is 28.1. The fourth-order valence-corrected chi connectivity index (χ4v) is 4.47. The Hall–Kier alpha value is -4.20. The van der Waals surface area contributed by atoms with Crippen molar-refractivity contribution in [3.8, 4) is 16.9 Å². The number of carbonyl (C=O) groups is 1. The third-order valence-corrected chi connectivity index (χ3v) is 6.13. The summed E-state index contributed by atoms with van der Waals surface area (Å²) in [6, 6.07) is 11.8. The summed E-state index contributed by atoms with van der Waals surface area (Å²) < 4.78 is 63.1. The second kappa shape index (κ2) is 11.5. The van der Waals surface area contributed by atoms with E-state index in [1.807, 2.05) is 13.0 Å². The lowest BCUT2D eigenvalue weighted by atomic mass is 10.1. The van der Waals surface area contributed by atoms with Gasteiger partial charge in [0.05, 0.1) is 41.8 Å². The third kappa shape index (κ3) is 7.18. The van der Waals surface area contributed by atoms with Crippen LogP contribution < -0.4 is 10.3 Å². The van der Waals surface area contributed by atoms with Crippen LogP contribution in [0.4, 0.5) is 13.2 Å². The molecule has 0 amide bonds. The van der Waals surface area contributed by atoms with Gasteiger partial charge in [-0.05, 0) is 42.3 Å². The van der Waals surface area contributed by atoms with E-state index in [1.54, 1.807) is 48.8 Å². The largest absolute Gasteiger partial charge is 0.494 e. The summed E-state index contributed by atoms with van der Waals surface area (Å²) in [6.45, 7) is 2.35. The molecule has 2 heterocycles. The van der Waals surface area contributed by atoms with Gasteiger partial charge in [-0.15, -0.1) is 0 Å². The Labute approximate surface area is 214 Å². The van der Waals surface area contributed by atoms with E-state index in [0.29, 0.717) is 28.8 Å². The van der Waals surface area contributed by atoms with Crippen molar-refractivity contribution in [3.63, 3.8) is 0 Å². The maximum atomic E-state index is 13.4. The lowest BCUT2D eigenvalue weighted by molar-refractivity contribution is -0.192. The number of nitrogens with zero attached hydrogens (tertiary/aromatic N) is 3. The van der Waals surface area contributed by atoms with Crippen LogP contribution in [0.3, 0.4) is 0 Å². The Kier molecular flexibility index (Phi) is 8.56. The summed E-state index contributed by atoms with van der Waals surface area (Å²) in [5.74, 6) is -2.38. The van der Waals surface area contributed by atoms with Crippen molar-refractivity contribution >= 4 is 26.7 Å². The van der Waals surface area contributed by atoms with Crippen LogP contribution in [0.25, 0.3) is 22.0 Å². The Balaban J connectivity index is 0.000000505. The molecule has 0 radical (unpaired) electrons. The number of aromatic amines is 1. The normalized spacial score (nSPS) is 12.4. The van der Waals surface area contributed by atoms with Gasteiger partial charge in [-0.3, -0.25) is 14.5 Å². The van der Waals surface area contributed by atoms with E-state index in [2.05, 4.69) is 15.2 Å². The van der Waals surface area contributed by atoms with Gasteiger partial charge in [0.15, 0.2) is 0 Å². The average molecular weight is 553 g/mol. The van der Waals surface area contributed by atoms with Crippen LogP contribution in [0.15, 0.2) is 66.0 Å². The number of halogens is 3. The number of H-pyrrole nitrogens is 1. The molecular weight excluding hydrogens is 529 g/mol. The lowest BCUT2D eigenvalue weighted by Gasteiger charge is -2.20. The Bertz CT molecular complexity index is 1580. The molecular formula is C24H23F3N4O6S. The van der Waals surface area contributed by atoms with Crippen molar-refractivity contribution in [1.82, 2.24) is 19.7 Å². The number of benzene rings is 2. The summed E-state index contributed by atoms with van der Waals surface area (Å²) in [6.07, 6.45) is 0.887. The monoisotopic (exact) mass is 552 g/mol. The number of carboxylic acids is 1. The molecule has 0 fully saturated rings. The minimum atomic E-state index is -5.08. The fourth-order valence-electron chi connectivity index (χ4n) is 3.55. The molecule has 4 rings (SSSR count). The molecule has 202 valence electrons. The van der Waals surface area contributed by atoms with E-state index < -0.39 is 28.0 Å². The van der Waals surface area contributed by atoms with Gasteiger partial charge >= 0.3 is 12.1 Å². The molecule has 14 heteroatoms. The minimum absolute atomic E-state index is 0.239. The topological polar surface area (TPSA) is 144 Å². The number of aliphatic carboxylic acids is 1. The molecule has 0 aliphatic rings. The highest BCUT2D eigenvalue weighted by molar-refractivity contribution is 7.90. The summed E-state index contributed by atoms with van der Waals surface area (Å²) >= 11 is 0. The molecule has 2 N–H and O–H groups in total. The number of sulfone groups is 1. The maximum Gasteiger partial charge on any atom is 0.490 e. The van der Waals surface area contributed by atoms with Gasteiger partial charge in [-0.2, -0.15) is 18.3 Å². The predicted molar refractivity (Wildman–Crippen MR) is 133 cm³/mol. The highest BCUT2D eigenvalue weighted by atomic mass is 32.2. The third-order valence-electron chi connectivity index (χ3n) is 5.21. The molecule has 1 unspecified atom stereocenters. The maximum absolute atomic E-state index is 13.4. The fraction of sp³-hybridized carbons (Fsp3) is 0.250. The number of carboxylic acid groups (broad SMARTS) is 1. The Morgan fingerprint density at radius 2 is 1.89 bits per heavy atom. The molecule has 0 bridgehead atoms. The van der Waals surface area contributed by atoms with Gasteiger partial charge in [-0.1, -0.05) is 18.2 Å². The molecule has 0 spiro atoms. The zero-order valence-electron chi connectivity index (χ0n) is 20.1. The van der Waals surface area contributed by atoms with Crippen LogP contribution in [-0.2, 0) is 14.6 Å². The molecule has 0 aliphatic carbocycles. The van der Waals surface area contributed by atoms with E-state index in [9.17, 15) is 26.4 Å². The molecule has 2 aromatic carbocycles. The van der Waals surface area contributed by atoms with Crippen LogP contribution in [0, 0.1) is 0 Å². The predicted octanol–water partition coefficient (Wildman–Crippen LogP) is 3.45. The van der Waals surface area contributed by atoms with E-state index in [1.165, 1.54) is 10.9 Å². The first-order valence-electron chi connectivity index (χ1n) is 11.0. The van der Waals surface area contributed by atoms with Gasteiger partial charge in [0.2, 0.25) is 0 Å². The summed E-state index contributed by atoms with van der Waals surface area (Å²) in [5, 5.41) is 14.2. The summed E-state index contributed by atoms with van der Waals surface area (Å²) in [5.41, 5.74) is 2.54. The van der Waals surface area contributed by atoms with Crippen LogP contribution in [-0.4, -0.2) is 64.0 Å². The number of ether oxygens (including phenoxy) is 1. The Morgan fingerprint density at radius 3 is 2.47 bits per heavy atom. The highest BCUT2D eigenvalue weighted by Crippen LogP contribution is 2.25. The molecule has 10 nitrogen and oxygen atoms in total. The number of fused-ring (bicyclic) bond motifs is 1. The molecule has 0 aliphatic heterocycles. The van der Waals surface area contributed by atoms with Crippen LogP contribution >= 0.6 is 0 Å². The Morgan fingerprint density at radius 1 is 1.18 bits per heavy atom. The number of alkyl halides is 3. The van der Waals surface area contributed by atoms with E-state index >= 15 is 0 Å². The van der Waals surface area contributed by atoms with Crippen molar-refractivity contribution in [1.29, 1.82) is 0 Å². The van der Waals surface area contributed by atoms with Crippen molar-refractivity contribution in [2.24, 2.45) is 0 Å². The number of rotatable bonds is 7. The molecule has 0 saturated carbocycles. The first kappa shape index (κ1) is 28.4. The summed E-state index contributed by atoms with van der Waals surface area (Å²) in [7, 11) is -3.40. The quantitative estimate of drug-likeness (QED) is 0.355. The molecule has 2 aromatic heterocycles. The molecule has 1 atom stereocenters. The number of nitrogens with one attached hydrogen (secondary N) is 1. The zero-order valence-corrected chi connectivity index (χ0v) is 21.0. The van der Waals surface area contributed by atoms with Gasteiger partial charge in [0.25, 0.3) is 5.56 Å². The summed E-state index contributed by atoms with van der Waals surface area (Å²) in [4.78, 5) is 26.7. The van der Waals surface area contributed by atoms with Crippen LogP contribution in [0.5, 0.6) is 5.75 Å². The molecule has 4 aromatic rings. The standard InChI is InChI=1S/C22H22N4O4S.C2HF3O2/c1-3-30-18-6-4-5-16(9-18)21(13-31(2,28)29)26-14-23-20-8-7-15(10-19(20)22(26)27)17-11-24-25-12-17;3-2(4,5)1(6)7/h4-12,14,21H,3,13H2,1-2H3,(H,24,25);(H,6,7). The van der Waals surface area contributed by atoms with Crippen molar-refractivity contribution in [3.05, 3.63) is 77.1 Å². The van der Waals surface area contributed by atoms with Crippen LogP contribution in [0.2, 0.25) is 0 Å². The second-order valence-electron chi connectivity index (χ2n) is 8.09. The minimum Gasteiger partial charge on any atom is -0.494 e. The van der Waals surface area contributed by atoms with E-state index in [0.717, 1.165) is 17.4 Å². The smallest absolute Gasteiger partial charge is 0.490 e. The number of hydrogen-bond acceptors (Lipinski definition) is 7. The van der Waals surface area contributed by atoms with E-state index in [4.69, 9.17) is 14.6 Å². The van der Waals surface area contributed by atoms with Crippen molar-refractivity contribution < 1.29 is 36.2 Å². The first-order valence-corrected chi connectivity index (χ1v) is 13.1. The van der Waals surface area contributed by atoms with Crippen molar-refractivity contribution in [2.45, 2.75) is 19.1 Å². The molecule has 0 saturated heterocycles. The van der Waals surface area contributed by atoms with E-state index in [-0.39, 0.29) is 11.3 Å². The van der Waals surface area contributed by atoms with Gasteiger partial charge in [-0.25, -0.2) is 18.2 Å². The average Bonchev–Trinajstić information content (AvgIpc) is 3.38. The lowest BCUT2D eigenvalue weighted by Crippen LogP contribution is -2.30. The number of hydrogen-bond donors (Lipinski definition) is 2. The van der Waals surface area contributed by atoms with Crippen LogP contribution in [0.1, 0.15) is 18.5 Å². The number of aromatic nitrogens is 4. The van der Waals surface area contributed by atoms with Gasteiger partial charge in [0, 0.05) is 18.0 Å². The van der Waals surface area contributed by atoms with Gasteiger partial charge in [0.1, 0.15) is 15.6 Å².